The maximum atomic E-state index is 14.7. The molecule has 0 spiro atoms. The smallest absolute Gasteiger partial charge is 0.258 e. The number of halogens is 1. The predicted molar refractivity (Wildman–Crippen MR) is 134 cm³/mol. The van der Waals surface area contributed by atoms with E-state index in [-0.39, 0.29) is 17.6 Å². The van der Waals surface area contributed by atoms with Crippen LogP contribution in [0.15, 0.2) is 66.7 Å². The summed E-state index contributed by atoms with van der Waals surface area (Å²) in [4.78, 5) is 27.2. The number of carbonyl (C=O) groups is 2. The zero-order valence-corrected chi connectivity index (χ0v) is 19.4. The van der Waals surface area contributed by atoms with Crippen molar-refractivity contribution in [1.82, 2.24) is 10.2 Å². The lowest BCUT2D eigenvalue weighted by Crippen LogP contribution is -2.22. The summed E-state index contributed by atoms with van der Waals surface area (Å²) in [6, 6.07) is 19.5. The molecule has 0 radical (unpaired) electrons. The molecule has 1 aliphatic rings. The third kappa shape index (κ3) is 4.84. The van der Waals surface area contributed by atoms with E-state index in [0.717, 1.165) is 5.56 Å². The molecule has 0 fully saturated rings. The number of amides is 2. The van der Waals surface area contributed by atoms with Gasteiger partial charge in [-0.25, -0.2) is 4.39 Å². The van der Waals surface area contributed by atoms with Gasteiger partial charge in [-0.1, -0.05) is 42.5 Å². The van der Waals surface area contributed by atoms with E-state index in [1.165, 1.54) is 6.07 Å². The molecule has 0 saturated heterocycles. The van der Waals surface area contributed by atoms with Crippen LogP contribution in [0.4, 0.5) is 15.8 Å². The van der Waals surface area contributed by atoms with Gasteiger partial charge in [0.1, 0.15) is 5.82 Å². The summed E-state index contributed by atoms with van der Waals surface area (Å²) in [5.74, 6) is -0.815. The third-order valence-electron chi connectivity index (χ3n) is 5.49. The molecule has 1 heterocycles. The first-order valence-corrected chi connectivity index (χ1v) is 11.1. The van der Waals surface area contributed by atoms with Crippen molar-refractivity contribution in [2.75, 3.05) is 31.3 Å². The van der Waals surface area contributed by atoms with Crippen molar-refractivity contribution < 1.29 is 14.0 Å². The SMILES string of the molecule is CCNC(=O)c1ccc2c(c1)NC(=O)/C2=C(\Nc1ccc(CN(C)C)c(F)c1)c1ccccc1. The molecule has 3 aromatic rings. The number of nitrogens with zero attached hydrogens (tertiary/aromatic N) is 1. The first-order valence-electron chi connectivity index (χ1n) is 11.1. The van der Waals surface area contributed by atoms with Crippen LogP contribution >= 0.6 is 0 Å². The minimum atomic E-state index is -0.320. The van der Waals surface area contributed by atoms with Gasteiger partial charge in [-0.15, -0.1) is 0 Å². The lowest BCUT2D eigenvalue weighted by atomic mass is 9.98. The van der Waals surface area contributed by atoms with Crippen LogP contribution in [0.5, 0.6) is 0 Å². The summed E-state index contributed by atoms with van der Waals surface area (Å²) in [7, 11) is 3.77. The van der Waals surface area contributed by atoms with Gasteiger partial charge in [0.2, 0.25) is 0 Å². The van der Waals surface area contributed by atoms with Gasteiger partial charge in [0.15, 0.2) is 0 Å². The number of fused-ring (bicyclic) bond motifs is 1. The fourth-order valence-electron chi connectivity index (χ4n) is 3.95. The zero-order valence-electron chi connectivity index (χ0n) is 19.4. The summed E-state index contributed by atoms with van der Waals surface area (Å²) in [6.45, 7) is 2.85. The van der Waals surface area contributed by atoms with Crippen molar-refractivity contribution >= 4 is 34.5 Å². The molecule has 0 atom stereocenters. The van der Waals surface area contributed by atoms with Gasteiger partial charge in [0.25, 0.3) is 11.8 Å². The first kappa shape index (κ1) is 23.2. The van der Waals surface area contributed by atoms with Gasteiger partial charge in [0, 0.05) is 41.2 Å². The molecule has 34 heavy (non-hydrogen) atoms. The summed E-state index contributed by atoms with van der Waals surface area (Å²) < 4.78 is 14.7. The number of benzene rings is 3. The molecule has 1 aliphatic heterocycles. The van der Waals surface area contributed by atoms with Gasteiger partial charge in [0.05, 0.1) is 11.3 Å². The predicted octanol–water partition coefficient (Wildman–Crippen LogP) is 4.57. The maximum absolute atomic E-state index is 14.7. The average molecular weight is 459 g/mol. The Balaban J connectivity index is 1.79. The molecule has 2 amide bonds. The minimum absolute atomic E-state index is 0.202. The highest BCUT2D eigenvalue weighted by Gasteiger charge is 2.29. The Morgan fingerprint density at radius 2 is 1.76 bits per heavy atom. The first-order chi connectivity index (χ1) is 16.4. The van der Waals surface area contributed by atoms with E-state index < -0.39 is 0 Å². The normalized spacial score (nSPS) is 14.0. The molecule has 174 valence electrons. The Hall–Kier alpha value is -3.97. The lowest BCUT2D eigenvalue weighted by molar-refractivity contribution is -0.110. The van der Waals surface area contributed by atoms with Gasteiger partial charge in [-0.2, -0.15) is 0 Å². The molecule has 4 rings (SSSR count). The molecule has 0 aromatic heterocycles. The van der Waals surface area contributed by atoms with Gasteiger partial charge in [-0.05, 0) is 50.8 Å². The topological polar surface area (TPSA) is 73.5 Å². The van der Waals surface area contributed by atoms with Crippen LogP contribution in [0.2, 0.25) is 0 Å². The van der Waals surface area contributed by atoms with Crippen LogP contribution in [0, 0.1) is 5.82 Å². The van der Waals surface area contributed by atoms with Gasteiger partial charge in [-0.3, -0.25) is 9.59 Å². The van der Waals surface area contributed by atoms with E-state index in [1.807, 2.05) is 56.3 Å². The quantitative estimate of drug-likeness (QED) is 0.454. The molecule has 0 aliphatic carbocycles. The van der Waals surface area contributed by atoms with Crippen LogP contribution in [-0.4, -0.2) is 37.4 Å². The van der Waals surface area contributed by atoms with Gasteiger partial charge >= 0.3 is 0 Å². The highest BCUT2D eigenvalue weighted by molar-refractivity contribution is 6.37. The number of hydrogen-bond acceptors (Lipinski definition) is 4. The number of rotatable bonds is 7. The second-order valence-electron chi connectivity index (χ2n) is 8.36. The number of hydrogen-bond donors (Lipinski definition) is 3. The van der Waals surface area contributed by atoms with Crippen LogP contribution in [0.1, 0.15) is 34.0 Å². The Labute approximate surface area is 198 Å². The summed E-state index contributed by atoms with van der Waals surface area (Å²) in [6.07, 6.45) is 0. The van der Waals surface area contributed by atoms with Crippen molar-refractivity contribution in [2.45, 2.75) is 13.5 Å². The Morgan fingerprint density at radius 3 is 2.44 bits per heavy atom. The summed E-state index contributed by atoms with van der Waals surface area (Å²) >= 11 is 0. The second-order valence-corrected chi connectivity index (χ2v) is 8.36. The van der Waals surface area contributed by atoms with Crippen molar-refractivity contribution in [3.05, 3.63) is 94.8 Å². The average Bonchev–Trinajstić information content (AvgIpc) is 3.14. The standard InChI is InChI=1S/C27H27FN4O2/c1-4-29-26(33)18-11-13-21-23(14-18)31-27(34)24(21)25(17-8-6-5-7-9-17)30-20-12-10-19(16-32(2)3)22(28)15-20/h5-15,30H,4,16H2,1-3H3,(H,29,33)(H,31,34)/b25-24-. The maximum Gasteiger partial charge on any atom is 0.258 e. The molecule has 0 unspecified atom stereocenters. The van der Waals surface area contributed by atoms with E-state index in [2.05, 4.69) is 16.0 Å². The minimum Gasteiger partial charge on any atom is -0.354 e. The van der Waals surface area contributed by atoms with Crippen molar-refractivity contribution in [3.8, 4) is 0 Å². The molecular weight excluding hydrogens is 431 g/mol. The van der Waals surface area contributed by atoms with Crippen molar-refractivity contribution in [2.24, 2.45) is 0 Å². The fraction of sp³-hybridized carbons (Fsp3) is 0.185. The Kier molecular flexibility index (Phi) is 6.75. The van der Waals surface area contributed by atoms with E-state index in [9.17, 15) is 14.0 Å². The molecule has 0 saturated carbocycles. The number of anilines is 2. The Bertz CT molecular complexity index is 1270. The van der Waals surface area contributed by atoms with Crippen LogP contribution in [0.25, 0.3) is 11.3 Å². The highest BCUT2D eigenvalue weighted by atomic mass is 19.1. The molecule has 6 nitrogen and oxygen atoms in total. The molecule has 3 N–H and O–H groups in total. The largest absolute Gasteiger partial charge is 0.354 e. The van der Waals surface area contributed by atoms with Crippen LogP contribution in [-0.2, 0) is 11.3 Å². The molecule has 7 heteroatoms. The van der Waals surface area contributed by atoms with E-state index in [1.54, 1.807) is 30.3 Å². The zero-order chi connectivity index (χ0) is 24.2. The second kappa shape index (κ2) is 9.89. The molecular formula is C27H27FN4O2. The molecule has 3 aromatic carbocycles. The van der Waals surface area contributed by atoms with Crippen LogP contribution < -0.4 is 16.0 Å². The summed E-state index contributed by atoms with van der Waals surface area (Å²) in [5.41, 5.74) is 4.60. The number of carbonyl (C=O) groups excluding carboxylic acids is 2. The lowest BCUT2D eigenvalue weighted by Gasteiger charge is -2.16. The van der Waals surface area contributed by atoms with Crippen LogP contribution in [0.3, 0.4) is 0 Å². The Morgan fingerprint density at radius 1 is 1.00 bits per heavy atom. The molecule has 0 bridgehead atoms. The monoisotopic (exact) mass is 458 g/mol. The van der Waals surface area contributed by atoms with Crippen molar-refractivity contribution in [3.63, 3.8) is 0 Å². The number of nitrogens with one attached hydrogen (secondary N) is 3. The van der Waals surface area contributed by atoms with Gasteiger partial charge < -0.3 is 20.9 Å². The van der Waals surface area contributed by atoms with E-state index in [0.29, 0.717) is 52.4 Å². The van der Waals surface area contributed by atoms with E-state index >= 15 is 0 Å². The third-order valence-corrected chi connectivity index (χ3v) is 5.49. The summed E-state index contributed by atoms with van der Waals surface area (Å²) in [5, 5.41) is 8.90. The van der Waals surface area contributed by atoms with Crippen molar-refractivity contribution in [1.29, 1.82) is 0 Å². The van der Waals surface area contributed by atoms with E-state index in [4.69, 9.17) is 0 Å². The fourth-order valence-corrected chi connectivity index (χ4v) is 3.95. The highest BCUT2D eigenvalue weighted by Crippen LogP contribution is 2.38.